The predicted molar refractivity (Wildman–Crippen MR) is 134 cm³/mol. The molecule has 0 saturated carbocycles. The van der Waals surface area contributed by atoms with Crippen LogP contribution in [0.3, 0.4) is 0 Å². The van der Waals surface area contributed by atoms with Gasteiger partial charge in [-0.1, -0.05) is 52.6 Å². The minimum Gasteiger partial charge on any atom is -0.445 e. The number of hydrogen-bond acceptors (Lipinski definition) is 6. The Morgan fingerprint density at radius 3 is 2.39 bits per heavy atom. The molecule has 0 spiro atoms. The van der Waals surface area contributed by atoms with Crippen molar-refractivity contribution in [3.8, 4) is 0 Å². The van der Waals surface area contributed by atoms with Gasteiger partial charge in [0.15, 0.2) is 0 Å². The average Bonchev–Trinajstić information content (AvgIpc) is 2.76. The molecule has 11 heteroatoms. The second-order valence-electron chi connectivity index (χ2n) is 6.87. The molecule has 172 valence electrons. The van der Waals surface area contributed by atoms with E-state index in [1.165, 1.54) is 11.8 Å². The molecule has 33 heavy (non-hydrogen) atoms. The number of nitrogens with zero attached hydrogens (tertiary/aromatic N) is 1. The largest absolute Gasteiger partial charge is 0.445 e. The monoisotopic (exact) mass is 524 g/mol. The number of halogens is 3. The fraction of sp³-hybridized carbons (Fsp3) is 0.136. The molecule has 0 aliphatic heterocycles. The predicted octanol–water partition coefficient (Wildman–Crippen LogP) is 6.29. The third-order valence-corrected chi connectivity index (χ3v) is 5.55. The summed E-state index contributed by atoms with van der Waals surface area (Å²) in [6, 6.07) is 15.7. The minimum absolute atomic E-state index is 0.299. The van der Waals surface area contributed by atoms with Gasteiger partial charge in [0.1, 0.15) is 12.4 Å². The van der Waals surface area contributed by atoms with Gasteiger partial charge in [0.25, 0.3) is 5.91 Å². The van der Waals surface area contributed by atoms with Crippen LogP contribution in [0, 0.1) is 6.92 Å². The molecule has 0 saturated heterocycles. The van der Waals surface area contributed by atoms with Crippen molar-refractivity contribution in [3.05, 3.63) is 71.9 Å². The Kier molecular flexibility index (Phi) is 8.31. The van der Waals surface area contributed by atoms with E-state index >= 15 is 0 Å². The summed E-state index contributed by atoms with van der Waals surface area (Å²) < 4.78 is 3.15. The van der Waals surface area contributed by atoms with Crippen molar-refractivity contribution in [2.75, 3.05) is 23.0 Å². The highest BCUT2D eigenvalue weighted by Gasteiger charge is 2.22. The molecule has 3 rings (SSSR count). The van der Waals surface area contributed by atoms with E-state index in [1.54, 1.807) is 54.7 Å². The lowest BCUT2D eigenvalue weighted by atomic mass is 10.2. The lowest BCUT2D eigenvalue weighted by molar-refractivity contribution is 0.102. The van der Waals surface area contributed by atoms with Crippen LogP contribution in [0.5, 0.6) is 0 Å². The molecule has 0 aliphatic rings. The zero-order valence-corrected chi connectivity index (χ0v) is 20.4. The SMILES string of the molecule is Cc1ccc(NC(=O)c2ccc(Sc3ccc(NC(=O)OCC(Cl)(Cl)Cl)cc3)c(N)c2)nc1. The summed E-state index contributed by atoms with van der Waals surface area (Å²) in [5.41, 5.74) is 8.56. The molecule has 3 aromatic rings. The van der Waals surface area contributed by atoms with Gasteiger partial charge in [-0.3, -0.25) is 10.1 Å². The molecule has 0 radical (unpaired) electrons. The van der Waals surface area contributed by atoms with Crippen LogP contribution in [0.25, 0.3) is 0 Å². The van der Waals surface area contributed by atoms with Crippen molar-refractivity contribution in [2.24, 2.45) is 0 Å². The molecule has 1 heterocycles. The molecule has 7 nitrogen and oxygen atoms in total. The average molecular weight is 526 g/mol. The molecule has 0 bridgehead atoms. The highest BCUT2D eigenvalue weighted by atomic mass is 35.6. The lowest BCUT2D eigenvalue weighted by Gasteiger charge is -2.12. The van der Waals surface area contributed by atoms with Crippen LogP contribution in [0.4, 0.5) is 22.0 Å². The van der Waals surface area contributed by atoms with Crippen LogP contribution in [0.15, 0.2) is 70.6 Å². The summed E-state index contributed by atoms with van der Waals surface area (Å²) >= 11 is 18.1. The van der Waals surface area contributed by atoms with Crippen molar-refractivity contribution in [1.82, 2.24) is 4.98 Å². The Balaban J connectivity index is 1.59. The third-order valence-electron chi connectivity index (χ3n) is 4.12. The third kappa shape index (κ3) is 8.01. The molecule has 2 aromatic carbocycles. The Morgan fingerprint density at radius 2 is 1.79 bits per heavy atom. The normalized spacial score (nSPS) is 11.0. The molecule has 2 amide bonds. The van der Waals surface area contributed by atoms with Crippen LogP contribution in [-0.2, 0) is 4.74 Å². The summed E-state index contributed by atoms with van der Waals surface area (Å²) in [5, 5.41) is 5.28. The van der Waals surface area contributed by atoms with Gasteiger partial charge in [0.05, 0.1) is 0 Å². The van der Waals surface area contributed by atoms with Crippen LogP contribution in [0.2, 0.25) is 0 Å². The number of aryl methyl sites for hydroxylation is 1. The number of anilines is 3. The van der Waals surface area contributed by atoms with Gasteiger partial charge < -0.3 is 15.8 Å². The molecule has 4 N–H and O–H groups in total. The van der Waals surface area contributed by atoms with E-state index in [2.05, 4.69) is 15.6 Å². The van der Waals surface area contributed by atoms with Crippen LogP contribution in [-0.4, -0.2) is 27.4 Å². The van der Waals surface area contributed by atoms with Crippen LogP contribution < -0.4 is 16.4 Å². The number of aromatic nitrogens is 1. The second kappa shape index (κ2) is 11.0. The number of nitrogens with one attached hydrogen (secondary N) is 2. The van der Waals surface area contributed by atoms with E-state index in [9.17, 15) is 9.59 Å². The molecular formula is C22H19Cl3N4O3S. The van der Waals surface area contributed by atoms with Crippen molar-refractivity contribution in [1.29, 1.82) is 0 Å². The Hall–Kier alpha value is -2.65. The number of rotatable bonds is 6. The Bertz CT molecular complexity index is 1140. The zero-order valence-electron chi connectivity index (χ0n) is 17.3. The number of nitrogen functional groups attached to an aromatic ring is 1. The number of pyridine rings is 1. The van der Waals surface area contributed by atoms with Gasteiger partial charge in [0, 0.05) is 32.9 Å². The van der Waals surface area contributed by atoms with Crippen molar-refractivity contribution in [2.45, 2.75) is 20.5 Å². The summed E-state index contributed by atoms with van der Waals surface area (Å²) in [4.78, 5) is 30.0. The fourth-order valence-corrected chi connectivity index (χ4v) is 3.55. The molecule has 0 fully saturated rings. The molecule has 0 atom stereocenters. The maximum absolute atomic E-state index is 12.5. The summed E-state index contributed by atoms with van der Waals surface area (Å²) in [5.74, 6) is 0.166. The smallest absolute Gasteiger partial charge is 0.411 e. The molecule has 0 unspecified atom stereocenters. The van der Waals surface area contributed by atoms with Crippen molar-refractivity contribution < 1.29 is 14.3 Å². The van der Waals surface area contributed by atoms with Gasteiger partial charge >= 0.3 is 6.09 Å². The first kappa shape index (κ1) is 25.0. The minimum atomic E-state index is -1.68. The molecule has 0 aliphatic carbocycles. The van der Waals surface area contributed by atoms with Gasteiger partial charge in [0.2, 0.25) is 3.79 Å². The number of alkyl halides is 3. The maximum Gasteiger partial charge on any atom is 0.411 e. The fourth-order valence-electron chi connectivity index (χ4n) is 2.55. The van der Waals surface area contributed by atoms with E-state index < -0.39 is 9.89 Å². The van der Waals surface area contributed by atoms with Gasteiger partial charge in [-0.15, -0.1) is 0 Å². The van der Waals surface area contributed by atoms with Crippen molar-refractivity contribution in [3.63, 3.8) is 0 Å². The number of benzene rings is 2. The number of carbonyl (C=O) groups excluding carboxylic acids is 2. The summed E-state index contributed by atoms with van der Waals surface area (Å²) in [7, 11) is 0. The second-order valence-corrected chi connectivity index (χ2v) is 10.5. The van der Waals surface area contributed by atoms with E-state index in [0.29, 0.717) is 22.8 Å². The van der Waals surface area contributed by atoms with Gasteiger partial charge in [-0.05, 0) is 61.0 Å². The summed E-state index contributed by atoms with van der Waals surface area (Å²) in [6.45, 7) is 1.55. The first-order valence-electron chi connectivity index (χ1n) is 9.51. The number of nitrogens with two attached hydrogens (primary N) is 1. The first-order valence-corrected chi connectivity index (χ1v) is 11.5. The number of amides is 2. The lowest BCUT2D eigenvalue weighted by Crippen LogP contribution is -2.21. The van der Waals surface area contributed by atoms with E-state index in [4.69, 9.17) is 45.3 Å². The van der Waals surface area contributed by atoms with E-state index in [1.807, 2.05) is 13.0 Å². The molecular weight excluding hydrogens is 507 g/mol. The maximum atomic E-state index is 12.5. The van der Waals surface area contributed by atoms with Crippen LogP contribution in [0.1, 0.15) is 15.9 Å². The highest BCUT2D eigenvalue weighted by molar-refractivity contribution is 7.99. The van der Waals surface area contributed by atoms with Gasteiger partial charge in [-0.25, -0.2) is 9.78 Å². The Labute approximate surface area is 209 Å². The zero-order chi connectivity index (χ0) is 24.0. The first-order chi connectivity index (χ1) is 15.6. The topological polar surface area (TPSA) is 106 Å². The highest BCUT2D eigenvalue weighted by Crippen LogP contribution is 2.33. The number of carbonyl (C=O) groups is 2. The molecule has 1 aromatic heterocycles. The van der Waals surface area contributed by atoms with Crippen molar-refractivity contribution >= 4 is 75.8 Å². The van der Waals surface area contributed by atoms with Crippen LogP contribution >= 0.6 is 46.6 Å². The number of ether oxygens (including phenoxy) is 1. The van der Waals surface area contributed by atoms with E-state index in [-0.39, 0.29) is 12.5 Å². The van der Waals surface area contributed by atoms with E-state index in [0.717, 1.165) is 15.4 Å². The quantitative estimate of drug-likeness (QED) is 0.258. The Morgan fingerprint density at radius 1 is 1.06 bits per heavy atom. The standard InChI is InChI=1S/C22H19Cl3N4O3S/c1-13-2-9-19(27-11-13)29-20(30)14-3-8-18(17(26)10-14)33-16-6-4-15(5-7-16)28-21(31)32-12-22(23,24)25/h2-11H,12,26H2,1H3,(H,28,31)(H,27,29,30). The van der Waals surface area contributed by atoms with Gasteiger partial charge in [-0.2, -0.15) is 0 Å². The summed E-state index contributed by atoms with van der Waals surface area (Å²) in [6.07, 6.45) is 0.942. The number of hydrogen-bond donors (Lipinski definition) is 3.